The van der Waals surface area contributed by atoms with Gasteiger partial charge in [-0.15, -0.1) is 0 Å². The molecule has 2 rings (SSSR count). The number of benzene rings is 1. The monoisotopic (exact) mass is 235 g/mol. The van der Waals surface area contributed by atoms with Gasteiger partial charge in [-0.1, -0.05) is 40.2 Å². The van der Waals surface area contributed by atoms with E-state index in [9.17, 15) is 0 Å². The summed E-state index contributed by atoms with van der Waals surface area (Å²) in [6.45, 7) is 0.816. The molecule has 1 aromatic rings. The van der Waals surface area contributed by atoms with Crippen molar-refractivity contribution in [2.45, 2.75) is 6.42 Å². The highest BCUT2D eigenvalue weighted by atomic mass is 79.9. The summed E-state index contributed by atoms with van der Waals surface area (Å²) in [4.78, 5) is 4.17. The van der Waals surface area contributed by atoms with Crippen LogP contribution < -0.4 is 0 Å². The summed E-state index contributed by atoms with van der Waals surface area (Å²) < 4.78 is 1.16. The Morgan fingerprint density at radius 2 is 2.08 bits per heavy atom. The van der Waals surface area contributed by atoms with Gasteiger partial charge in [-0.25, -0.2) is 0 Å². The maximum atomic E-state index is 4.17. The van der Waals surface area contributed by atoms with Crippen LogP contribution >= 0.6 is 15.9 Å². The minimum absolute atomic E-state index is 0.816. The van der Waals surface area contributed by atoms with Crippen LogP contribution in [0.25, 0.3) is 5.57 Å². The summed E-state index contributed by atoms with van der Waals surface area (Å²) >= 11 is 3.55. The Kier molecular flexibility index (Phi) is 2.60. The van der Waals surface area contributed by atoms with Gasteiger partial charge in [0.05, 0.1) is 6.54 Å². The third-order valence-electron chi connectivity index (χ3n) is 2.10. The molecule has 66 valence electrons. The number of halogens is 1. The van der Waals surface area contributed by atoms with Crippen molar-refractivity contribution in [1.82, 2.24) is 0 Å². The molecule has 0 bridgehead atoms. The van der Waals surface area contributed by atoms with Crippen molar-refractivity contribution in [3.8, 4) is 0 Å². The van der Waals surface area contributed by atoms with Crippen molar-refractivity contribution in [3.05, 3.63) is 40.4 Å². The molecule has 0 amide bonds. The van der Waals surface area contributed by atoms with Crippen LogP contribution in [0.15, 0.2) is 39.8 Å². The fourth-order valence-electron chi connectivity index (χ4n) is 1.43. The van der Waals surface area contributed by atoms with Crippen LogP contribution in [0.2, 0.25) is 0 Å². The van der Waals surface area contributed by atoms with Gasteiger partial charge in [0.15, 0.2) is 0 Å². The van der Waals surface area contributed by atoms with Crippen LogP contribution in [-0.2, 0) is 0 Å². The van der Waals surface area contributed by atoms with Gasteiger partial charge in [0.2, 0.25) is 0 Å². The Morgan fingerprint density at radius 1 is 1.23 bits per heavy atom. The number of dihydropyridines is 1. The Morgan fingerprint density at radius 3 is 2.77 bits per heavy atom. The molecule has 1 aliphatic heterocycles. The smallest absolute Gasteiger partial charge is 0.0572 e. The molecule has 1 heterocycles. The van der Waals surface area contributed by atoms with E-state index in [1.165, 1.54) is 11.1 Å². The first-order valence-electron chi connectivity index (χ1n) is 4.30. The topological polar surface area (TPSA) is 12.4 Å². The number of aliphatic imine (C=N–C) groups is 1. The molecule has 0 fully saturated rings. The second kappa shape index (κ2) is 3.88. The first-order chi connectivity index (χ1) is 6.38. The molecule has 2 heteroatoms. The highest BCUT2D eigenvalue weighted by Gasteiger charge is 2.05. The van der Waals surface area contributed by atoms with Gasteiger partial charge in [0.1, 0.15) is 0 Å². The molecule has 0 unspecified atom stereocenters. The zero-order valence-corrected chi connectivity index (χ0v) is 8.79. The highest BCUT2D eigenvalue weighted by Crippen LogP contribution is 2.26. The number of rotatable bonds is 1. The van der Waals surface area contributed by atoms with Crippen LogP contribution in [0.5, 0.6) is 0 Å². The van der Waals surface area contributed by atoms with Crippen LogP contribution in [-0.4, -0.2) is 12.8 Å². The molecular weight excluding hydrogens is 226 g/mol. The van der Waals surface area contributed by atoms with E-state index >= 15 is 0 Å². The van der Waals surface area contributed by atoms with Crippen molar-refractivity contribution in [2.75, 3.05) is 6.54 Å². The van der Waals surface area contributed by atoms with E-state index in [-0.39, 0.29) is 0 Å². The van der Waals surface area contributed by atoms with E-state index in [4.69, 9.17) is 0 Å². The van der Waals surface area contributed by atoms with Gasteiger partial charge in [0, 0.05) is 17.1 Å². The van der Waals surface area contributed by atoms with Crippen LogP contribution in [0.4, 0.5) is 0 Å². The van der Waals surface area contributed by atoms with Gasteiger partial charge in [-0.3, -0.25) is 4.99 Å². The highest BCUT2D eigenvalue weighted by molar-refractivity contribution is 9.10. The maximum absolute atomic E-state index is 4.17. The summed E-state index contributed by atoms with van der Waals surface area (Å²) in [6.07, 6.45) is 5.11. The molecule has 0 N–H and O–H groups in total. The van der Waals surface area contributed by atoms with Crippen LogP contribution in [0, 0.1) is 0 Å². The Balaban J connectivity index is 2.35. The summed E-state index contributed by atoms with van der Waals surface area (Å²) in [5.41, 5.74) is 2.65. The van der Waals surface area contributed by atoms with Gasteiger partial charge < -0.3 is 0 Å². The van der Waals surface area contributed by atoms with Crippen LogP contribution in [0.1, 0.15) is 12.0 Å². The molecule has 1 aromatic carbocycles. The predicted molar refractivity (Wildman–Crippen MR) is 60.1 cm³/mol. The lowest BCUT2D eigenvalue weighted by molar-refractivity contribution is 1.20. The van der Waals surface area contributed by atoms with Gasteiger partial charge in [-0.2, -0.15) is 0 Å². The Hall–Kier alpha value is -0.890. The minimum atomic E-state index is 0.816. The standard InChI is InChI=1S/C11H10BrN/c12-11-4-2-1-3-10(11)9-5-7-13-8-6-9/h1-5,8H,6-7H2. The number of hydrogen-bond donors (Lipinski definition) is 0. The van der Waals surface area contributed by atoms with Crippen molar-refractivity contribution < 1.29 is 0 Å². The molecule has 0 aliphatic carbocycles. The van der Waals surface area contributed by atoms with E-state index in [1.54, 1.807) is 0 Å². The number of allylic oxidation sites excluding steroid dienone is 1. The summed E-state index contributed by atoms with van der Waals surface area (Å²) in [5, 5.41) is 0. The zero-order valence-electron chi connectivity index (χ0n) is 7.20. The lowest BCUT2D eigenvalue weighted by Gasteiger charge is -2.09. The van der Waals surface area contributed by atoms with Gasteiger partial charge >= 0.3 is 0 Å². The van der Waals surface area contributed by atoms with E-state index in [1.807, 2.05) is 12.3 Å². The molecule has 13 heavy (non-hydrogen) atoms. The first kappa shape index (κ1) is 8.70. The minimum Gasteiger partial charge on any atom is -0.293 e. The Bertz CT molecular complexity index is 366. The molecule has 0 saturated heterocycles. The summed E-state index contributed by atoms with van der Waals surface area (Å²) in [5.74, 6) is 0. The fourth-order valence-corrected chi connectivity index (χ4v) is 1.96. The quantitative estimate of drug-likeness (QED) is 0.709. The predicted octanol–water partition coefficient (Wildman–Crippen LogP) is 3.31. The fraction of sp³-hybridized carbons (Fsp3) is 0.182. The van der Waals surface area contributed by atoms with E-state index < -0.39 is 0 Å². The summed E-state index contributed by atoms with van der Waals surface area (Å²) in [6, 6.07) is 8.30. The van der Waals surface area contributed by atoms with Crippen LogP contribution in [0.3, 0.4) is 0 Å². The van der Waals surface area contributed by atoms with Crippen molar-refractivity contribution in [3.63, 3.8) is 0 Å². The molecular formula is C11H10BrN. The third kappa shape index (κ3) is 1.89. The van der Waals surface area contributed by atoms with E-state index in [2.05, 4.69) is 45.2 Å². The van der Waals surface area contributed by atoms with Gasteiger partial charge in [-0.05, 0) is 17.2 Å². The molecule has 0 saturated carbocycles. The lowest BCUT2D eigenvalue weighted by atomic mass is 10.0. The first-order valence-corrected chi connectivity index (χ1v) is 5.09. The number of nitrogens with zero attached hydrogens (tertiary/aromatic N) is 1. The molecule has 1 nitrogen and oxygen atoms in total. The largest absolute Gasteiger partial charge is 0.293 e. The lowest BCUT2D eigenvalue weighted by Crippen LogP contribution is -1.94. The second-order valence-corrected chi connectivity index (χ2v) is 3.82. The maximum Gasteiger partial charge on any atom is 0.0572 e. The summed E-state index contributed by atoms with van der Waals surface area (Å²) in [7, 11) is 0. The Labute approximate surface area is 86.3 Å². The molecule has 0 atom stereocenters. The van der Waals surface area contributed by atoms with Crippen molar-refractivity contribution in [2.24, 2.45) is 4.99 Å². The molecule has 1 aliphatic rings. The molecule has 0 radical (unpaired) electrons. The van der Waals surface area contributed by atoms with Crippen molar-refractivity contribution >= 4 is 27.7 Å². The average Bonchev–Trinajstić information content (AvgIpc) is 2.20. The number of hydrogen-bond acceptors (Lipinski definition) is 1. The zero-order chi connectivity index (χ0) is 9.10. The molecule has 0 aromatic heterocycles. The normalized spacial score (nSPS) is 15.6. The van der Waals surface area contributed by atoms with Gasteiger partial charge in [0.25, 0.3) is 0 Å². The van der Waals surface area contributed by atoms with Crippen molar-refractivity contribution in [1.29, 1.82) is 0 Å². The van der Waals surface area contributed by atoms with E-state index in [0.29, 0.717) is 0 Å². The average molecular weight is 236 g/mol. The molecule has 0 spiro atoms. The van der Waals surface area contributed by atoms with E-state index in [0.717, 1.165) is 17.4 Å². The SMILES string of the molecule is Brc1ccccc1C1=CCN=CC1. The second-order valence-electron chi connectivity index (χ2n) is 2.96. The third-order valence-corrected chi connectivity index (χ3v) is 2.79.